The summed E-state index contributed by atoms with van der Waals surface area (Å²) in [5.74, 6) is -0.310. The molecule has 0 spiro atoms. The predicted octanol–water partition coefficient (Wildman–Crippen LogP) is 5.53. The van der Waals surface area contributed by atoms with E-state index in [-0.39, 0.29) is 11.7 Å². The Hall–Kier alpha value is -2.28. The SMILES string of the molecule is COc1cccc(C(=O)OOOC(=O)OC2CCCCCCCCCCC2)c1. The molecule has 1 fully saturated rings. The van der Waals surface area contributed by atoms with Crippen LogP contribution in [0.5, 0.6) is 5.75 Å². The Balaban J connectivity index is 1.71. The summed E-state index contributed by atoms with van der Waals surface area (Å²) in [6, 6.07) is 6.33. The van der Waals surface area contributed by atoms with Crippen molar-refractivity contribution >= 4 is 12.1 Å². The lowest BCUT2D eigenvalue weighted by Crippen LogP contribution is -2.20. The average molecular weight is 394 g/mol. The van der Waals surface area contributed by atoms with E-state index in [1.807, 2.05) is 0 Å². The zero-order valence-corrected chi connectivity index (χ0v) is 16.5. The minimum absolute atomic E-state index is 0.204. The molecular weight excluding hydrogens is 364 g/mol. The van der Waals surface area contributed by atoms with Crippen molar-refractivity contribution in [3.05, 3.63) is 29.8 Å². The first-order valence-electron chi connectivity index (χ1n) is 10.1. The van der Waals surface area contributed by atoms with Crippen LogP contribution in [-0.2, 0) is 19.6 Å². The molecule has 0 unspecified atom stereocenters. The number of hydrogen-bond acceptors (Lipinski definition) is 7. The third-order valence-corrected chi connectivity index (χ3v) is 4.83. The molecule has 1 aromatic rings. The third-order valence-electron chi connectivity index (χ3n) is 4.83. The van der Waals surface area contributed by atoms with E-state index >= 15 is 0 Å². The number of carbonyl (C=O) groups excluding carboxylic acids is 2. The van der Waals surface area contributed by atoms with Gasteiger partial charge in [-0.05, 0) is 43.9 Å². The van der Waals surface area contributed by atoms with E-state index < -0.39 is 12.1 Å². The molecule has 0 N–H and O–H groups in total. The molecule has 2 rings (SSSR count). The molecule has 0 aliphatic heterocycles. The minimum atomic E-state index is -1.00. The summed E-state index contributed by atoms with van der Waals surface area (Å²) in [6.07, 6.45) is 11.0. The highest BCUT2D eigenvalue weighted by Gasteiger charge is 2.18. The lowest BCUT2D eigenvalue weighted by molar-refractivity contribution is -0.453. The lowest BCUT2D eigenvalue weighted by Gasteiger charge is -2.17. The van der Waals surface area contributed by atoms with Gasteiger partial charge >= 0.3 is 12.1 Å². The average Bonchev–Trinajstić information content (AvgIpc) is 2.70. The molecule has 1 aliphatic carbocycles. The van der Waals surface area contributed by atoms with Gasteiger partial charge in [0.2, 0.25) is 0 Å². The molecule has 0 aromatic heterocycles. The molecule has 0 heterocycles. The van der Waals surface area contributed by atoms with Crippen LogP contribution in [0.25, 0.3) is 0 Å². The minimum Gasteiger partial charge on any atom is -0.497 e. The van der Waals surface area contributed by atoms with Crippen LogP contribution in [0, 0.1) is 0 Å². The normalized spacial score (nSPS) is 16.9. The van der Waals surface area contributed by atoms with Gasteiger partial charge in [-0.2, -0.15) is 0 Å². The van der Waals surface area contributed by atoms with Gasteiger partial charge in [-0.3, -0.25) is 4.89 Å². The highest BCUT2D eigenvalue weighted by atomic mass is 17.5. The zero-order valence-electron chi connectivity index (χ0n) is 16.5. The van der Waals surface area contributed by atoms with E-state index in [2.05, 4.69) is 14.8 Å². The first kappa shape index (κ1) is 22.0. The van der Waals surface area contributed by atoms with Crippen LogP contribution in [0.2, 0.25) is 0 Å². The quantitative estimate of drug-likeness (QED) is 0.369. The maximum Gasteiger partial charge on any atom is 0.543 e. The second-order valence-electron chi connectivity index (χ2n) is 7.00. The fourth-order valence-electron chi connectivity index (χ4n) is 3.27. The first-order valence-corrected chi connectivity index (χ1v) is 10.1. The summed E-state index contributed by atoms with van der Waals surface area (Å²) >= 11 is 0. The van der Waals surface area contributed by atoms with Crippen LogP contribution < -0.4 is 4.74 Å². The molecule has 1 saturated carbocycles. The maximum atomic E-state index is 11.9. The van der Waals surface area contributed by atoms with Crippen LogP contribution in [0.4, 0.5) is 4.79 Å². The van der Waals surface area contributed by atoms with Gasteiger partial charge in [0, 0.05) is 0 Å². The number of rotatable bonds is 5. The van der Waals surface area contributed by atoms with E-state index in [4.69, 9.17) is 9.47 Å². The first-order chi connectivity index (χ1) is 13.7. The van der Waals surface area contributed by atoms with Crippen molar-refractivity contribution in [2.75, 3.05) is 7.11 Å². The van der Waals surface area contributed by atoms with Gasteiger partial charge in [-0.15, -0.1) is 0 Å². The third kappa shape index (κ3) is 8.61. The van der Waals surface area contributed by atoms with Crippen LogP contribution in [-0.4, -0.2) is 25.3 Å². The van der Waals surface area contributed by atoms with Gasteiger partial charge in [0.15, 0.2) is 0 Å². The van der Waals surface area contributed by atoms with Crippen LogP contribution in [0.1, 0.15) is 81.0 Å². The molecule has 156 valence electrons. The Morgan fingerprint density at radius 2 is 1.46 bits per heavy atom. The van der Waals surface area contributed by atoms with Gasteiger partial charge < -0.3 is 9.47 Å². The fourth-order valence-corrected chi connectivity index (χ4v) is 3.27. The zero-order chi connectivity index (χ0) is 20.0. The largest absolute Gasteiger partial charge is 0.543 e. The maximum absolute atomic E-state index is 11.9. The van der Waals surface area contributed by atoms with E-state index in [0.29, 0.717) is 5.75 Å². The van der Waals surface area contributed by atoms with Crippen LogP contribution >= 0.6 is 0 Å². The van der Waals surface area contributed by atoms with Crippen LogP contribution in [0.3, 0.4) is 0 Å². The molecule has 28 heavy (non-hydrogen) atoms. The number of hydrogen-bond donors (Lipinski definition) is 0. The lowest BCUT2D eigenvalue weighted by atomic mass is 9.99. The smallest absolute Gasteiger partial charge is 0.497 e. The summed E-state index contributed by atoms with van der Waals surface area (Å²) in [4.78, 5) is 32.6. The molecule has 0 bridgehead atoms. The second kappa shape index (κ2) is 13.0. The number of benzene rings is 1. The highest BCUT2D eigenvalue weighted by Crippen LogP contribution is 2.19. The molecular formula is C21H30O7. The standard InChI is InChI=1S/C21H30O7/c1-24-19-15-11-12-17(16-19)20(22)26-28-27-21(23)25-18-13-9-7-5-3-2-4-6-8-10-14-18/h11-12,15-16,18H,2-10,13-14H2,1H3. The van der Waals surface area contributed by atoms with E-state index in [1.54, 1.807) is 12.1 Å². The topological polar surface area (TPSA) is 80.3 Å². The van der Waals surface area contributed by atoms with Crippen molar-refractivity contribution in [1.82, 2.24) is 0 Å². The Kier molecular flexibility index (Phi) is 10.2. The molecule has 1 aromatic carbocycles. The summed E-state index contributed by atoms with van der Waals surface area (Å²) < 4.78 is 10.4. The van der Waals surface area contributed by atoms with Gasteiger partial charge in [0.25, 0.3) is 0 Å². The van der Waals surface area contributed by atoms with Gasteiger partial charge in [-0.25, -0.2) is 14.5 Å². The number of carbonyl (C=O) groups is 2. The van der Waals surface area contributed by atoms with Crippen molar-refractivity contribution in [3.63, 3.8) is 0 Å². The molecule has 0 saturated heterocycles. The van der Waals surface area contributed by atoms with Crippen molar-refractivity contribution in [1.29, 1.82) is 0 Å². The fraction of sp³-hybridized carbons (Fsp3) is 0.619. The Labute approximate surface area is 166 Å². The summed E-state index contributed by atoms with van der Waals surface area (Å²) in [5.41, 5.74) is 0.204. The van der Waals surface area contributed by atoms with Gasteiger partial charge in [-0.1, -0.05) is 51.0 Å². The Bertz CT molecular complexity index is 590. The van der Waals surface area contributed by atoms with Crippen LogP contribution in [0.15, 0.2) is 24.3 Å². The predicted molar refractivity (Wildman–Crippen MR) is 102 cm³/mol. The van der Waals surface area contributed by atoms with E-state index in [0.717, 1.165) is 38.5 Å². The second-order valence-corrected chi connectivity index (χ2v) is 7.00. The summed E-state index contributed by atoms with van der Waals surface area (Å²) in [7, 11) is 1.49. The summed E-state index contributed by atoms with van der Waals surface area (Å²) in [6.45, 7) is 0. The van der Waals surface area contributed by atoms with Crippen molar-refractivity contribution < 1.29 is 33.9 Å². The van der Waals surface area contributed by atoms with Gasteiger partial charge in [0.05, 0.1) is 17.7 Å². The summed E-state index contributed by atoms with van der Waals surface area (Å²) in [5, 5.41) is 4.30. The molecule has 0 atom stereocenters. The molecule has 1 aliphatic rings. The Morgan fingerprint density at radius 3 is 2.07 bits per heavy atom. The monoisotopic (exact) mass is 394 g/mol. The Morgan fingerprint density at radius 1 is 0.857 bits per heavy atom. The van der Waals surface area contributed by atoms with E-state index in [1.165, 1.54) is 51.3 Å². The molecule has 0 amide bonds. The molecule has 7 heteroatoms. The van der Waals surface area contributed by atoms with Crippen molar-refractivity contribution in [3.8, 4) is 5.75 Å². The van der Waals surface area contributed by atoms with Crippen molar-refractivity contribution in [2.24, 2.45) is 0 Å². The number of ether oxygens (including phenoxy) is 2. The van der Waals surface area contributed by atoms with E-state index in [9.17, 15) is 9.59 Å². The molecule has 0 radical (unpaired) electrons. The van der Waals surface area contributed by atoms with Gasteiger partial charge in [0.1, 0.15) is 11.9 Å². The highest BCUT2D eigenvalue weighted by molar-refractivity contribution is 5.89. The molecule has 7 nitrogen and oxygen atoms in total. The number of methoxy groups -OCH3 is 1. The van der Waals surface area contributed by atoms with Crippen molar-refractivity contribution in [2.45, 2.75) is 76.7 Å².